The van der Waals surface area contributed by atoms with Gasteiger partial charge in [0.1, 0.15) is 25.6 Å². The van der Waals surface area contributed by atoms with E-state index in [0.717, 1.165) is 24.8 Å². The Kier molecular flexibility index (Phi) is 13.5. The first kappa shape index (κ1) is 25.9. The maximum Gasteiger partial charge on any atom is 0.384 e. The Morgan fingerprint density at radius 1 is 1.43 bits per heavy atom. The zero-order valence-electron chi connectivity index (χ0n) is 17.9. The van der Waals surface area contributed by atoms with E-state index in [2.05, 4.69) is 31.6 Å². The van der Waals surface area contributed by atoms with Crippen LogP contribution in [-0.4, -0.2) is 56.0 Å². The fourth-order valence-electron chi connectivity index (χ4n) is 2.97. The summed E-state index contributed by atoms with van der Waals surface area (Å²) in [4.78, 5) is 12.0. The SMILES string of the molecule is C=CC[C@H]1CCCC(=C)CC(OCOC)/C=C/CC(C(O)C=C)OC(=O)C#CCO1. The molecule has 6 nitrogen and oxygen atoms in total. The lowest BCUT2D eigenvalue weighted by molar-refractivity contribution is -0.145. The van der Waals surface area contributed by atoms with Gasteiger partial charge in [-0.1, -0.05) is 42.4 Å². The first-order valence-electron chi connectivity index (χ1n) is 10.2. The van der Waals surface area contributed by atoms with Crippen LogP contribution in [0.4, 0.5) is 0 Å². The zero-order chi connectivity index (χ0) is 22.2. The quantitative estimate of drug-likeness (QED) is 0.224. The van der Waals surface area contributed by atoms with Crippen molar-refractivity contribution >= 4 is 5.97 Å². The highest BCUT2D eigenvalue weighted by Gasteiger charge is 2.19. The predicted octanol–water partition coefficient (Wildman–Crippen LogP) is 3.48. The van der Waals surface area contributed by atoms with Crippen LogP contribution in [0.1, 0.15) is 38.5 Å². The van der Waals surface area contributed by atoms with Crippen LogP contribution in [-0.2, 0) is 23.7 Å². The van der Waals surface area contributed by atoms with E-state index in [1.54, 1.807) is 7.11 Å². The van der Waals surface area contributed by atoms with Gasteiger partial charge in [0, 0.05) is 19.5 Å². The number of aliphatic hydroxyl groups excluding tert-OH is 1. The summed E-state index contributed by atoms with van der Waals surface area (Å²) in [5.74, 6) is 4.36. The van der Waals surface area contributed by atoms with Crippen molar-refractivity contribution in [3.8, 4) is 11.8 Å². The number of esters is 1. The van der Waals surface area contributed by atoms with Crippen LogP contribution in [0.15, 0.2) is 49.6 Å². The van der Waals surface area contributed by atoms with Gasteiger partial charge in [0.05, 0.1) is 12.2 Å². The van der Waals surface area contributed by atoms with E-state index >= 15 is 0 Å². The molecule has 0 aromatic rings. The minimum Gasteiger partial charge on any atom is -0.449 e. The zero-order valence-corrected chi connectivity index (χ0v) is 17.9. The van der Waals surface area contributed by atoms with Crippen molar-refractivity contribution in [2.75, 3.05) is 20.5 Å². The molecule has 0 saturated carbocycles. The molecule has 166 valence electrons. The number of cyclic esters (lactones) is 1. The molecule has 0 aromatic carbocycles. The Bertz CT molecular complexity index is 642. The van der Waals surface area contributed by atoms with Crippen molar-refractivity contribution in [2.45, 2.75) is 62.9 Å². The number of hydrogen-bond acceptors (Lipinski definition) is 6. The minimum absolute atomic E-state index is 0.0212. The van der Waals surface area contributed by atoms with Gasteiger partial charge in [0.2, 0.25) is 0 Å². The van der Waals surface area contributed by atoms with E-state index in [1.165, 1.54) is 6.08 Å². The molecule has 1 rings (SSSR count). The summed E-state index contributed by atoms with van der Waals surface area (Å²) in [6, 6.07) is 0. The smallest absolute Gasteiger partial charge is 0.384 e. The number of methoxy groups -OCH3 is 1. The molecule has 0 saturated heterocycles. The molecule has 0 bridgehead atoms. The van der Waals surface area contributed by atoms with Gasteiger partial charge in [-0.3, -0.25) is 0 Å². The molecule has 1 heterocycles. The molecule has 0 amide bonds. The largest absolute Gasteiger partial charge is 0.449 e. The molecule has 1 aliphatic heterocycles. The Morgan fingerprint density at radius 3 is 2.93 bits per heavy atom. The molecule has 0 radical (unpaired) electrons. The Hall–Kier alpha value is -2.17. The molecule has 0 aromatic heterocycles. The summed E-state index contributed by atoms with van der Waals surface area (Å²) in [7, 11) is 1.56. The van der Waals surface area contributed by atoms with E-state index in [4.69, 9.17) is 18.9 Å². The lowest BCUT2D eigenvalue weighted by atomic mass is 10.0. The van der Waals surface area contributed by atoms with Gasteiger partial charge in [-0.05, 0) is 32.1 Å². The summed E-state index contributed by atoms with van der Waals surface area (Å²) in [6.45, 7) is 11.8. The fourth-order valence-corrected chi connectivity index (χ4v) is 2.97. The van der Waals surface area contributed by atoms with Gasteiger partial charge in [-0.15, -0.1) is 13.2 Å². The number of aliphatic hydroxyl groups is 1. The highest BCUT2D eigenvalue weighted by Crippen LogP contribution is 2.18. The van der Waals surface area contributed by atoms with Crippen molar-refractivity contribution in [2.24, 2.45) is 0 Å². The average Bonchev–Trinajstić information content (AvgIpc) is 2.73. The van der Waals surface area contributed by atoms with Gasteiger partial charge < -0.3 is 24.1 Å². The molecule has 1 aliphatic rings. The van der Waals surface area contributed by atoms with Crippen molar-refractivity contribution in [1.82, 2.24) is 0 Å². The van der Waals surface area contributed by atoms with E-state index in [9.17, 15) is 9.90 Å². The topological polar surface area (TPSA) is 74.2 Å². The summed E-state index contributed by atoms with van der Waals surface area (Å²) in [6.07, 6.45) is 9.00. The first-order chi connectivity index (χ1) is 14.5. The van der Waals surface area contributed by atoms with Crippen molar-refractivity contribution in [3.63, 3.8) is 0 Å². The van der Waals surface area contributed by atoms with Crippen LogP contribution in [0.25, 0.3) is 0 Å². The molecule has 0 spiro atoms. The number of carbonyl (C=O) groups is 1. The highest BCUT2D eigenvalue weighted by molar-refractivity contribution is 5.88. The summed E-state index contributed by atoms with van der Waals surface area (Å²) in [5, 5.41) is 10.1. The molecule has 3 unspecified atom stereocenters. The number of ether oxygens (including phenoxy) is 4. The summed E-state index contributed by atoms with van der Waals surface area (Å²) >= 11 is 0. The van der Waals surface area contributed by atoms with Crippen LogP contribution in [0.3, 0.4) is 0 Å². The van der Waals surface area contributed by atoms with Crippen LogP contribution in [0, 0.1) is 11.8 Å². The maximum absolute atomic E-state index is 12.0. The predicted molar refractivity (Wildman–Crippen MR) is 117 cm³/mol. The van der Waals surface area contributed by atoms with Gasteiger partial charge in [0.15, 0.2) is 0 Å². The van der Waals surface area contributed by atoms with E-state index in [0.29, 0.717) is 12.8 Å². The third-order valence-electron chi connectivity index (χ3n) is 4.56. The number of rotatable bonds is 7. The second-order valence-electron chi connectivity index (χ2n) is 7.05. The van der Waals surface area contributed by atoms with Crippen LogP contribution >= 0.6 is 0 Å². The first-order valence-corrected chi connectivity index (χ1v) is 10.2. The van der Waals surface area contributed by atoms with Crippen molar-refractivity contribution in [3.05, 3.63) is 49.6 Å². The van der Waals surface area contributed by atoms with Crippen molar-refractivity contribution in [1.29, 1.82) is 0 Å². The molecular weight excluding hydrogens is 384 g/mol. The molecule has 1 N–H and O–H groups in total. The number of carbonyl (C=O) groups excluding carboxylic acids is 1. The molecule has 4 atom stereocenters. The second-order valence-corrected chi connectivity index (χ2v) is 7.05. The lowest BCUT2D eigenvalue weighted by Gasteiger charge is -2.19. The third kappa shape index (κ3) is 11.1. The Morgan fingerprint density at radius 2 is 2.23 bits per heavy atom. The molecular formula is C24H34O6. The van der Waals surface area contributed by atoms with Crippen molar-refractivity contribution < 1.29 is 28.8 Å². The number of hydrogen-bond donors (Lipinski definition) is 1. The minimum atomic E-state index is -1.01. The normalized spacial score (nSPS) is 26.4. The van der Waals surface area contributed by atoms with Gasteiger partial charge in [-0.25, -0.2) is 4.79 Å². The van der Waals surface area contributed by atoms with E-state index in [1.807, 2.05) is 18.2 Å². The van der Waals surface area contributed by atoms with Gasteiger partial charge in [-0.2, -0.15) is 0 Å². The van der Waals surface area contributed by atoms with Crippen LogP contribution < -0.4 is 0 Å². The van der Waals surface area contributed by atoms with Gasteiger partial charge >= 0.3 is 5.97 Å². The molecule has 0 aliphatic carbocycles. The standard InChI is InChI=1S/C24H34O6/c1-5-10-20-12-7-11-19(3)17-21(29-18-27-4)13-8-14-23(22(25)6-2)30-24(26)15-9-16-28-20/h5-6,8,13,20-23,25H,1-3,7,10-12,14,16-18H2,4H3/b13-8+/t20-,21?,22?,23?/m0/s1. The molecule has 30 heavy (non-hydrogen) atoms. The Labute approximate surface area is 180 Å². The molecule has 0 fully saturated rings. The highest BCUT2D eigenvalue weighted by atomic mass is 16.7. The monoisotopic (exact) mass is 418 g/mol. The molecule has 6 heteroatoms. The second kappa shape index (κ2) is 15.6. The van der Waals surface area contributed by atoms with Gasteiger partial charge in [0.25, 0.3) is 0 Å². The summed E-state index contributed by atoms with van der Waals surface area (Å²) in [5.41, 5.74) is 1.07. The van der Waals surface area contributed by atoms with E-state index < -0.39 is 18.2 Å². The van der Waals surface area contributed by atoms with Crippen LogP contribution in [0.5, 0.6) is 0 Å². The van der Waals surface area contributed by atoms with Crippen LogP contribution in [0.2, 0.25) is 0 Å². The Balaban J connectivity index is 2.96. The van der Waals surface area contributed by atoms with E-state index in [-0.39, 0.29) is 32.0 Å². The summed E-state index contributed by atoms with van der Waals surface area (Å²) < 4.78 is 21.8. The average molecular weight is 419 g/mol. The maximum atomic E-state index is 12.0. The third-order valence-corrected chi connectivity index (χ3v) is 4.56. The lowest BCUT2D eigenvalue weighted by Crippen LogP contribution is -2.29. The fraction of sp³-hybridized carbons (Fsp3) is 0.542.